The fourth-order valence-electron chi connectivity index (χ4n) is 2.02. The van der Waals surface area contributed by atoms with E-state index in [1.165, 1.54) is 0 Å². The third-order valence-corrected chi connectivity index (χ3v) is 5.91. The molecule has 3 nitrogen and oxygen atoms in total. The zero-order valence-corrected chi connectivity index (χ0v) is 9.71. The Hall–Kier alpha value is 0.387. The molecule has 2 unspecified atom stereocenters. The van der Waals surface area contributed by atoms with Gasteiger partial charge in [-0.1, -0.05) is 0 Å². The third kappa shape index (κ3) is 1.66. The summed E-state index contributed by atoms with van der Waals surface area (Å²) in [5.41, 5.74) is 0. The Kier molecular flexibility index (Phi) is 2.68. The van der Waals surface area contributed by atoms with Gasteiger partial charge in [-0.2, -0.15) is 0 Å². The Morgan fingerprint density at radius 1 is 1.15 bits per heavy atom. The first-order valence-electron chi connectivity index (χ1n) is 4.76. The van der Waals surface area contributed by atoms with Gasteiger partial charge in [0, 0.05) is 11.9 Å². The van der Waals surface area contributed by atoms with Gasteiger partial charge in [-0.05, 0) is 20.3 Å². The molecule has 2 rings (SSSR count). The molecule has 0 saturated carbocycles. The highest BCUT2D eigenvalue weighted by molar-refractivity contribution is 6.62. The van der Waals surface area contributed by atoms with Crippen LogP contribution in [0.1, 0.15) is 20.3 Å². The van der Waals surface area contributed by atoms with Crippen molar-refractivity contribution >= 4 is 20.4 Å². The molecule has 13 heavy (non-hydrogen) atoms. The Morgan fingerprint density at radius 3 is 2.23 bits per heavy atom. The number of hydrogen-bond acceptors (Lipinski definition) is 3. The van der Waals surface area contributed by atoms with Crippen LogP contribution in [0.5, 0.6) is 0 Å². The van der Waals surface area contributed by atoms with Crippen LogP contribution < -0.4 is 0 Å². The van der Waals surface area contributed by atoms with Crippen LogP contribution in [-0.2, 0) is 13.3 Å². The highest BCUT2D eigenvalue weighted by Gasteiger charge is 2.60. The van der Waals surface area contributed by atoms with Crippen molar-refractivity contribution in [3.63, 3.8) is 0 Å². The first-order chi connectivity index (χ1) is 6.17. The van der Waals surface area contributed by atoms with Crippen LogP contribution in [0.15, 0.2) is 0 Å². The van der Waals surface area contributed by atoms with E-state index in [0.29, 0.717) is 5.88 Å². The SMILES string of the molecule is CC1O[Si]2(CCCCl)OC(C)C1O2. The van der Waals surface area contributed by atoms with Crippen LogP contribution >= 0.6 is 11.6 Å². The lowest BCUT2D eigenvalue weighted by Crippen LogP contribution is -2.43. The average Bonchev–Trinajstić information content (AvgIpc) is 2.55. The number of halogens is 1. The summed E-state index contributed by atoms with van der Waals surface area (Å²) in [6.45, 7) is 4.11. The molecule has 0 radical (unpaired) electrons. The van der Waals surface area contributed by atoms with Gasteiger partial charge in [0.05, 0.1) is 18.3 Å². The Bertz CT molecular complexity index is 190. The highest BCUT2D eigenvalue weighted by Crippen LogP contribution is 2.40. The minimum atomic E-state index is -2.26. The van der Waals surface area contributed by atoms with Gasteiger partial charge < -0.3 is 13.3 Å². The van der Waals surface area contributed by atoms with Gasteiger partial charge in [0.15, 0.2) is 0 Å². The third-order valence-electron chi connectivity index (χ3n) is 2.59. The predicted octanol–water partition coefficient (Wildman–Crippen LogP) is 1.78. The van der Waals surface area contributed by atoms with E-state index >= 15 is 0 Å². The molecule has 2 heterocycles. The number of hydrogen-bond donors (Lipinski definition) is 0. The number of alkyl halides is 1. The maximum Gasteiger partial charge on any atom is 0.502 e. The Morgan fingerprint density at radius 2 is 1.77 bits per heavy atom. The minimum Gasteiger partial charge on any atom is -0.368 e. The summed E-state index contributed by atoms with van der Waals surface area (Å²) in [7, 11) is -2.26. The van der Waals surface area contributed by atoms with Crippen molar-refractivity contribution in [2.75, 3.05) is 5.88 Å². The molecular formula is C8H15ClO3Si. The largest absolute Gasteiger partial charge is 0.502 e. The lowest BCUT2D eigenvalue weighted by molar-refractivity contribution is 0.0406. The second-order valence-corrected chi connectivity index (χ2v) is 6.66. The van der Waals surface area contributed by atoms with Crippen LogP contribution in [0, 0.1) is 0 Å². The van der Waals surface area contributed by atoms with Crippen LogP contribution in [0.3, 0.4) is 0 Å². The average molecular weight is 223 g/mol. The number of fused-ring (bicyclic) bond motifs is 2. The smallest absolute Gasteiger partial charge is 0.368 e. The van der Waals surface area contributed by atoms with Crippen LogP contribution in [0.4, 0.5) is 0 Å². The van der Waals surface area contributed by atoms with Crippen molar-refractivity contribution < 1.29 is 13.3 Å². The van der Waals surface area contributed by atoms with E-state index in [9.17, 15) is 0 Å². The monoisotopic (exact) mass is 222 g/mol. The van der Waals surface area contributed by atoms with Gasteiger partial charge in [0.2, 0.25) is 0 Å². The Balaban J connectivity index is 2.00. The molecule has 0 aromatic heterocycles. The van der Waals surface area contributed by atoms with E-state index in [4.69, 9.17) is 24.9 Å². The zero-order valence-electron chi connectivity index (χ0n) is 7.96. The van der Waals surface area contributed by atoms with Gasteiger partial charge in [-0.15, -0.1) is 11.6 Å². The molecular weight excluding hydrogens is 208 g/mol. The molecule has 2 atom stereocenters. The van der Waals surface area contributed by atoms with Gasteiger partial charge in [0.1, 0.15) is 0 Å². The molecule has 2 saturated heterocycles. The highest BCUT2D eigenvalue weighted by atomic mass is 35.5. The molecule has 2 aliphatic rings. The second-order valence-electron chi connectivity index (χ2n) is 3.70. The van der Waals surface area contributed by atoms with Crippen molar-refractivity contribution in [3.8, 4) is 0 Å². The fraction of sp³-hybridized carbons (Fsp3) is 1.00. The molecule has 0 aromatic rings. The molecule has 76 valence electrons. The number of rotatable bonds is 3. The van der Waals surface area contributed by atoms with Gasteiger partial charge in [-0.25, -0.2) is 0 Å². The molecule has 0 spiro atoms. The van der Waals surface area contributed by atoms with Crippen molar-refractivity contribution in [2.24, 2.45) is 0 Å². The lowest BCUT2D eigenvalue weighted by atomic mass is 10.1. The van der Waals surface area contributed by atoms with Crippen LogP contribution in [0.2, 0.25) is 6.04 Å². The van der Waals surface area contributed by atoms with Gasteiger partial charge in [0.25, 0.3) is 0 Å². The van der Waals surface area contributed by atoms with E-state index < -0.39 is 8.80 Å². The van der Waals surface area contributed by atoms with E-state index in [-0.39, 0.29) is 18.3 Å². The first kappa shape index (κ1) is 9.92. The van der Waals surface area contributed by atoms with Gasteiger partial charge >= 0.3 is 8.80 Å². The van der Waals surface area contributed by atoms with Crippen LogP contribution in [-0.4, -0.2) is 33.0 Å². The molecule has 0 amide bonds. The molecule has 0 aliphatic carbocycles. The minimum absolute atomic E-state index is 0.155. The fourth-order valence-corrected chi connectivity index (χ4v) is 5.71. The molecule has 2 aliphatic heterocycles. The summed E-state index contributed by atoms with van der Waals surface area (Å²) in [5, 5.41) is 0. The summed E-state index contributed by atoms with van der Waals surface area (Å²) >= 11 is 5.64. The lowest BCUT2D eigenvalue weighted by Gasteiger charge is -2.26. The second kappa shape index (κ2) is 3.51. The van der Waals surface area contributed by atoms with E-state index in [0.717, 1.165) is 12.5 Å². The molecule has 5 heteroatoms. The quantitative estimate of drug-likeness (QED) is 0.538. The normalized spacial score (nSPS) is 48.7. The zero-order chi connectivity index (χ0) is 9.47. The first-order valence-corrected chi connectivity index (χ1v) is 7.23. The maximum atomic E-state index is 5.82. The standard InChI is InChI=1S/C8H15ClO3Si/c1-6-8-7(2)11-13(10-6,12-8)5-3-4-9/h6-8H,3-5H2,1-2H3. The summed E-state index contributed by atoms with van der Waals surface area (Å²) < 4.78 is 17.3. The Labute approximate surface area is 84.7 Å². The summed E-state index contributed by atoms with van der Waals surface area (Å²) in [4.78, 5) is 0. The topological polar surface area (TPSA) is 27.7 Å². The molecule has 2 bridgehead atoms. The van der Waals surface area contributed by atoms with Crippen molar-refractivity contribution in [1.82, 2.24) is 0 Å². The summed E-state index contributed by atoms with van der Waals surface area (Å²) in [6.07, 6.45) is 1.47. The summed E-state index contributed by atoms with van der Waals surface area (Å²) in [6, 6.07) is 0.863. The molecule has 0 aromatic carbocycles. The predicted molar refractivity (Wildman–Crippen MR) is 51.9 cm³/mol. The van der Waals surface area contributed by atoms with E-state index in [1.54, 1.807) is 0 Å². The van der Waals surface area contributed by atoms with Gasteiger partial charge in [-0.3, -0.25) is 0 Å². The summed E-state index contributed by atoms with van der Waals surface area (Å²) in [5.74, 6) is 0.651. The molecule has 2 fully saturated rings. The van der Waals surface area contributed by atoms with E-state index in [1.807, 2.05) is 0 Å². The van der Waals surface area contributed by atoms with Crippen LogP contribution in [0.25, 0.3) is 0 Å². The van der Waals surface area contributed by atoms with Crippen molar-refractivity contribution in [2.45, 2.75) is 44.6 Å². The van der Waals surface area contributed by atoms with E-state index in [2.05, 4.69) is 13.8 Å². The van der Waals surface area contributed by atoms with Crippen molar-refractivity contribution in [1.29, 1.82) is 0 Å². The van der Waals surface area contributed by atoms with Crippen molar-refractivity contribution in [3.05, 3.63) is 0 Å². The molecule has 0 N–H and O–H groups in total. The maximum absolute atomic E-state index is 5.82.